The number of carboxylic acids is 3. The van der Waals surface area contributed by atoms with Crippen molar-refractivity contribution in [3.05, 3.63) is 0 Å². The Hall–Kier alpha value is -6.78. The van der Waals surface area contributed by atoms with E-state index in [2.05, 4.69) is 37.2 Å². The molecule has 17 N–H and O–H groups in total. The van der Waals surface area contributed by atoms with E-state index >= 15 is 0 Å². The van der Waals surface area contributed by atoms with E-state index in [1.54, 1.807) is 20.1 Å². The second kappa shape index (κ2) is 31.7. The maximum Gasteiger partial charge on any atom is 0.326 e. The van der Waals surface area contributed by atoms with Gasteiger partial charge >= 0.3 is 17.9 Å². The number of nitrogens with one attached hydrogen (secondary N) is 8. The van der Waals surface area contributed by atoms with Crippen LogP contribution in [0, 0.1) is 11.3 Å². The number of primary amides is 1. The summed E-state index contributed by atoms with van der Waals surface area (Å²) in [5, 5.41) is 53.7. The molecule has 0 radical (unpaired) electrons. The Morgan fingerprint density at radius 2 is 1.08 bits per heavy atom. The summed E-state index contributed by atoms with van der Waals surface area (Å²) in [7, 11) is 0. The van der Waals surface area contributed by atoms with Crippen LogP contribution in [0.3, 0.4) is 0 Å². The van der Waals surface area contributed by atoms with Gasteiger partial charge < -0.3 is 79.5 Å². The zero-order valence-electron chi connectivity index (χ0n) is 42.3. The second-order valence-electron chi connectivity index (χ2n) is 18.3. The van der Waals surface area contributed by atoms with Crippen molar-refractivity contribution in [2.24, 2.45) is 23.1 Å². The molecule has 2 fully saturated rings. The molecule has 0 spiro atoms. The van der Waals surface area contributed by atoms with Crippen LogP contribution >= 0.6 is 11.8 Å². The zero-order chi connectivity index (χ0) is 55.8. The largest absolute Gasteiger partial charge is 0.481 e. The highest BCUT2D eigenvalue weighted by Crippen LogP contribution is 2.22. The zero-order valence-corrected chi connectivity index (χ0v) is 43.1. The van der Waals surface area contributed by atoms with Gasteiger partial charge in [-0.15, -0.1) is 0 Å². The summed E-state index contributed by atoms with van der Waals surface area (Å²) in [6.07, 6.45) is 0.399. The predicted octanol–water partition coefficient (Wildman–Crippen LogP) is -3.63. The number of rotatable bonds is 33. The summed E-state index contributed by atoms with van der Waals surface area (Å²) in [6.45, 7) is 5.15. The average Bonchev–Trinajstić information content (AvgIpc) is 4.04. The Morgan fingerprint density at radius 1 is 0.622 bits per heavy atom. The predicted molar refractivity (Wildman–Crippen MR) is 266 cm³/mol. The average molecular weight is 1070 g/mol. The first-order valence-electron chi connectivity index (χ1n) is 24.5. The van der Waals surface area contributed by atoms with Gasteiger partial charge in [0.25, 0.3) is 0 Å². The molecule has 2 rings (SSSR count). The highest BCUT2D eigenvalue weighted by Gasteiger charge is 2.41. The van der Waals surface area contributed by atoms with Gasteiger partial charge in [0, 0.05) is 38.9 Å². The number of nitrogens with two attached hydrogens (primary N) is 3. The van der Waals surface area contributed by atoms with Gasteiger partial charge in [-0.25, -0.2) is 4.79 Å². The Balaban J connectivity index is 2.39. The van der Waals surface area contributed by atoms with Gasteiger partial charge in [-0.2, -0.15) is 11.8 Å². The van der Waals surface area contributed by atoms with Crippen molar-refractivity contribution in [2.45, 2.75) is 165 Å². The number of hydrogen-bond acceptors (Lipinski definition) is 15. The van der Waals surface area contributed by atoms with Crippen molar-refractivity contribution in [3.8, 4) is 0 Å². The van der Waals surface area contributed by atoms with Crippen molar-refractivity contribution < 1.29 is 72.9 Å². The van der Waals surface area contributed by atoms with Crippen LogP contribution in [-0.2, 0) is 57.5 Å². The monoisotopic (exact) mass is 1070 g/mol. The molecule has 9 amide bonds. The van der Waals surface area contributed by atoms with E-state index in [9.17, 15) is 72.9 Å². The molecule has 2 aliphatic rings. The van der Waals surface area contributed by atoms with Gasteiger partial charge in [-0.1, -0.05) is 20.3 Å². The first-order chi connectivity index (χ1) is 34.8. The van der Waals surface area contributed by atoms with Gasteiger partial charge in [0.15, 0.2) is 5.96 Å². The smallest absolute Gasteiger partial charge is 0.326 e. The van der Waals surface area contributed by atoms with E-state index in [4.69, 9.17) is 22.6 Å². The summed E-state index contributed by atoms with van der Waals surface area (Å²) < 4.78 is 0. The molecule has 0 unspecified atom stereocenters. The molecule has 10 atom stereocenters. The number of carboxylic acid groups (broad SMARTS) is 3. The van der Waals surface area contributed by atoms with Crippen molar-refractivity contribution >= 4 is 88.8 Å². The number of guanidine groups is 1. The summed E-state index contributed by atoms with van der Waals surface area (Å²) in [5.74, 6) is -12.1. The Morgan fingerprint density at radius 3 is 1.54 bits per heavy atom. The molecule has 0 saturated carbocycles. The van der Waals surface area contributed by atoms with Crippen LogP contribution in [0.4, 0.5) is 0 Å². The van der Waals surface area contributed by atoms with Gasteiger partial charge in [-0.3, -0.25) is 58.1 Å². The fourth-order valence-electron chi connectivity index (χ4n) is 8.27. The summed E-state index contributed by atoms with van der Waals surface area (Å²) >= 11 is 1.35. The second-order valence-corrected chi connectivity index (χ2v) is 19.3. The third kappa shape index (κ3) is 21.0. The quantitative estimate of drug-likeness (QED) is 0.0171. The third-order valence-electron chi connectivity index (χ3n) is 12.6. The standard InChI is InChI=1S/C45H75N13O15S/c1-5-23(2)35(56-38(66)27(14-17-34(62)63)51-37(65)26(13-16-33(60)61)53-39(67)30-10-7-20-57(30)42(70)24(3)46)41(69)54-28(18-22-74-4)43(71)58-21-8-11-31(58)40(68)52-25(9-6-19-50-45(48)49)36(64)55-29(44(72)73)12-15-32(47)59/h23-31,35H,5-22,46H2,1-4H3,(H2,47,59)(H,51,65)(H,52,68)(H,53,67)(H,54,69)(H,55,64)(H,56,66)(H,60,61)(H,62,63)(H,72,73)(H4,48,49,50)/t23-,24-,25-,26-,27-,28-,29-,30-,31-,35-/m0/s1. The molecule has 2 heterocycles. The summed E-state index contributed by atoms with van der Waals surface area (Å²) in [6, 6.07) is -11.9. The van der Waals surface area contributed by atoms with Crippen molar-refractivity contribution in [1.82, 2.24) is 47.0 Å². The molecular weight excluding hydrogens is 995 g/mol. The molecule has 2 aliphatic heterocycles. The van der Waals surface area contributed by atoms with E-state index in [-0.39, 0.29) is 77.0 Å². The molecule has 0 aromatic rings. The number of aliphatic carboxylic acids is 3. The number of amides is 9. The minimum absolute atomic E-state index is 0.0482. The number of carbonyl (C=O) groups excluding carboxylic acids is 9. The lowest BCUT2D eigenvalue weighted by Crippen LogP contribution is -2.61. The molecule has 2 saturated heterocycles. The number of thioether (sulfide) groups is 1. The maximum atomic E-state index is 14.4. The Labute approximate surface area is 432 Å². The third-order valence-corrected chi connectivity index (χ3v) is 13.2. The van der Waals surface area contributed by atoms with Crippen LogP contribution in [0.25, 0.3) is 0 Å². The normalized spacial score (nSPS) is 18.4. The van der Waals surface area contributed by atoms with Gasteiger partial charge in [0.05, 0.1) is 6.04 Å². The van der Waals surface area contributed by atoms with Gasteiger partial charge in [0.2, 0.25) is 53.2 Å². The lowest BCUT2D eigenvalue weighted by molar-refractivity contribution is -0.144. The van der Waals surface area contributed by atoms with Crippen LogP contribution < -0.4 is 54.4 Å². The van der Waals surface area contributed by atoms with Gasteiger partial charge in [0.1, 0.15) is 48.3 Å². The summed E-state index contributed by atoms with van der Waals surface area (Å²) in [5.41, 5.74) is 16.3. The highest BCUT2D eigenvalue weighted by molar-refractivity contribution is 7.98. The maximum absolute atomic E-state index is 14.4. The van der Waals surface area contributed by atoms with E-state index in [0.717, 1.165) is 0 Å². The number of carbonyl (C=O) groups is 12. The Bertz CT molecular complexity index is 2050. The fourth-order valence-corrected chi connectivity index (χ4v) is 8.75. The van der Waals surface area contributed by atoms with Crippen LogP contribution in [0.5, 0.6) is 0 Å². The Kier molecular flexibility index (Phi) is 27.2. The van der Waals surface area contributed by atoms with Crippen LogP contribution in [0.15, 0.2) is 0 Å². The van der Waals surface area contributed by atoms with Gasteiger partial charge in [-0.05, 0) is 89.1 Å². The van der Waals surface area contributed by atoms with Crippen molar-refractivity contribution in [1.29, 1.82) is 5.41 Å². The molecule has 29 heteroatoms. The molecule has 74 heavy (non-hydrogen) atoms. The first kappa shape index (κ1) is 63.3. The highest BCUT2D eigenvalue weighted by atomic mass is 32.2. The molecule has 0 aromatic carbocycles. The van der Waals surface area contributed by atoms with Crippen molar-refractivity contribution in [3.63, 3.8) is 0 Å². The van der Waals surface area contributed by atoms with Crippen LogP contribution in [0.2, 0.25) is 0 Å². The number of hydrogen-bond donors (Lipinski definition) is 14. The molecule has 0 aliphatic carbocycles. The number of nitrogens with zero attached hydrogens (tertiary/aromatic N) is 2. The fraction of sp³-hybridized carbons (Fsp3) is 0.711. The van der Waals surface area contributed by atoms with E-state index in [0.29, 0.717) is 18.6 Å². The number of likely N-dealkylation sites (tertiary alicyclic amines) is 2. The van der Waals surface area contributed by atoms with E-state index in [1.165, 1.54) is 28.5 Å². The topological polar surface area (TPSA) is 458 Å². The van der Waals surface area contributed by atoms with Crippen molar-refractivity contribution in [2.75, 3.05) is 31.6 Å². The minimum Gasteiger partial charge on any atom is -0.481 e. The van der Waals surface area contributed by atoms with Crippen LogP contribution in [0.1, 0.15) is 111 Å². The van der Waals surface area contributed by atoms with E-state index in [1.807, 2.05) is 0 Å². The first-order valence-corrected chi connectivity index (χ1v) is 25.9. The molecule has 0 aromatic heterocycles. The van der Waals surface area contributed by atoms with E-state index < -0.39 is 157 Å². The SMILES string of the molecule is CC[C@H](C)[C@H](NC(=O)[C@H](CCC(=O)O)NC(=O)[C@H](CCC(=O)O)NC(=O)[C@@H]1CCCN1C(=O)[C@H](C)N)C(=O)N[C@@H](CCSC)C(=O)N1CCC[C@H]1C(=O)N[C@@H](CCCNC(=N)N)C(=O)N[C@@H](CCC(N)=O)C(=O)O. The summed E-state index contributed by atoms with van der Waals surface area (Å²) in [4.78, 5) is 159. The lowest BCUT2D eigenvalue weighted by Gasteiger charge is -2.32. The molecule has 28 nitrogen and oxygen atoms in total. The lowest BCUT2D eigenvalue weighted by atomic mass is 9.96. The van der Waals surface area contributed by atoms with Crippen LogP contribution in [-0.4, -0.2) is 188 Å². The molecular formula is C45H75N13O15S. The minimum atomic E-state index is -1.65. The molecule has 0 bridgehead atoms. The molecule has 416 valence electrons.